The summed E-state index contributed by atoms with van der Waals surface area (Å²) in [4.78, 5) is 17.0. The second-order valence-corrected chi connectivity index (χ2v) is 4.90. The minimum atomic E-state index is -1.09. The first-order valence-electron chi connectivity index (χ1n) is 7.68. The summed E-state index contributed by atoms with van der Waals surface area (Å²) in [6.45, 7) is 6.64. The molecule has 10 heteroatoms. The molecule has 132 valence electrons. The molecule has 0 aliphatic carbocycles. The third-order valence-electron chi connectivity index (χ3n) is 3.33. The van der Waals surface area contributed by atoms with E-state index in [9.17, 15) is 9.90 Å². The predicted octanol–water partition coefficient (Wildman–Crippen LogP) is -1.45. The average molecular weight is 331 g/mol. The van der Waals surface area contributed by atoms with Crippen LogP contribution < -0.4 is 10.0 Å². The van der Waals surface area contributed by atoms with Crippen LogP contribution in [0.25, 0.3) is 0 Å². The summed E-state index contributed by atoms with van der Waals surface area (Å²) in [7, 11) is 0. The number of carbonyl (C=O) groups excluding carboxylic acids is 1. The second kappa shape index (κ2) is 12.9. The molecule has 0 aromatic heterocycles. The number of carbonyl (C=O) groups is 1. The summed E-state index contributed by atoms with van der Waals surface area (Å²) >= 11 is 0. The van der Waals surface area contributed by atoms with Crippen LogP contribution in [0.2, 0.25) is 0 Å². The molecule has 1 rings (SSSR count). The molecule has 1 aliphatic heterocycles. The Morgan fingerprint density at radius 3 is 2.13 bits per heavy atom. The molecule has 1 N–H and O–H groups in total. The Hall–Kier alpha value is -1.58. The Labute approximate surface area is 135 Å². The molecule has 23 heavy (non-hydrogen) atoms. The van der Waals surface area contributed by atoms with Crippen molar-refractivity contribution < 1.29 is 24.1 Å². The van der Waals surface area contributed by atoms with Crippen molar-refractivity contribution >= 4 is 6.09 Å². The van der Waals surface area contributed by atoms with Crippen LogP contribution in [0.5, 0.6) is 0 Å². The lowest BCUT2D eigenvalue weighted by molar-refractivity contribution is -0.266. The van der Waals surface area contributed by atoms with Crippen LogP contribution in [-0.2, 0) is 14.2 Å². The van der Waals surface area contributed by atoms with E-state index in [2.05, 4.69) is 14.9 Å². The molecule has 0 aromatic carbocycles. The van der Waals surface area contributed by atoms with Crippen LogP contribution in [-0.4, -0.2) is 94.8 Å². The normalized spacial score (nSPS) is 15.4. The summed E-state index contributed by atoms with van der Waals surface area (Å²) < 4.78 is 16.0. The van der Waals surface area contributed by atoms with Crippen molar-refractivity contribution in [1.29, 1.82) is 5.53 Å². The lowest BCUT2D eigenvalue weighted by Crippen LogP contribution is -2.53. The first kappa shape index (κ1) is 19.5. The lowest BCUT2D eigenvalue weighted by atomic mass is 10.3. The predicted molar refractivity (Wildman–Crippen MR) is 78.0 cm³/mol. The summed E-state index contributed by atoms with van der Waals surface area (Å²) in [5.74, 6) is 0. The molecule has 1 aliphatic rings. The van der Waals surface area contributed by atoms with Crippen molar-refractivity contribution in [1.82, 2.24) is 14.7 Å². The van der Waals surface area contributed by atoms with Gasteiger partial charge in [0.1, 0.15) is 23.3 Å². The van der Waals surface area contributed by atoms with Crippen LogP contribution in [0.1, 0.15) is 0 Å². The van der Waals surface area contributed by atoms with Crippen LogP contribution in [0.15, 0.2) is 5.11 Å². The highest BCUT2D eigenvalue weighted by molar-refractivity contribution is 5.62. The van der Waals surface area contributed by atoms with E-state index in [1.165, 1.54) is 4.90 Å². The monoisotopic (exact) mass is 331 g/mol. The quantitative estimate of drug-likeness (QED) is 0.265. The van der Waals surface area contributed by atoms with Gasteiger partial charge in [-0.2, -0.15) is 0 Å². The highest BCUT2D eigenvalue weighted by Crippen LogP contribution is 2.00. The van der Waals surface area contributed by atoms with Crippen LogP contribution in [0.3, 0.4) is 0 Å². The number of nitrogens with one attached hydrogen (secondary N) is 1. The molecular weight excluding hydrogens is 306 g/mol. The van der Waals surface area contributed by atoms with Crippen molar-refractivity contribution in [2.24, 2.45) is 5.11 Å². The van der Waals surface area contributed by atoms with Crippen molar-refractivity contribution in [2.75, 3.05) is 78.9 Å². The van der Waals surface area contributed by atoms with Gasteiger partial charge in [-0.15, -0.1) is 0 Å². The third kappa shape index (κ3) is 9.93. The summed E-state index contributed by atoms with van der Waals surface area (Å²) in [6.07, 6.45) is -1.09. The maximum absolute atomic E-state index is 10.7. The number of hydrogen-bond donors (Lipinski definition) is 1. The standard InChI is InChI=1S/C13H25N5O5/c14-16-15-1-7-21-9-11-23-12-10-22-8-6-17-2-4-18(5-3-17)13(19)20/h14H,1-12H2. The van der Waals surface area contributed by atoms with E-state index in [0.717, 1.165) is 6.54 Å². The number of carboxylic acid groups (broad SMARTS) is 1. The summed E-state index contributed by atoms with van der Waals surface area (Å²) in [6, 6.07) is 0. The van der Waals surface area contributed by atoms with Gasteiger partial charge in [0.05, 0.1) is 39.6 Å². The molecule has 0 unspecified atom stereocenters. The highest BCUT2D eigenvalue weighted by Gasteiger charge is 2.15. The molecule has 1 saturated heterocycles. The average Bonchev–Trinajstić information content (AvgIpc) is 2.56. The minimum absolute atomic E-state index is 0.393. The molecule has 1 heterocycles. The summed E-state index contributed by atoms with van der Waals surface area (Å²) in [5.41, 5.74) is 6.45. The van der Waals surface area contributed by atoms with E-state index in [1.54, 1.807) is 0 Å². The third-order valence-corrected chi connectivity index (χ3v) is 3.33. The summed E-state index contributed by atoms with van der Waals surface area (Å²) in [5, 5.41) is 14.1. The molecule has 0 atom stereocenters. The van der Waals surface area contributed by atoms with Gasteiger partial charge in [0.25, 0.3) is 0 Å². The van der Waals surface area contributed by atoms with Gasteiger partial charge < -0.3 is 29.0 Å². The molecule has 0 aromatic rings. The number of ether oxygens (including phenoxy) is 3. The number of nitrogens with zero attached hydrogens (tertiary/aromatic N) is 4. The van der Waals surface area contributed by atoms with Gasteiger partial charge >= 0.3 is 0 Å². The number of hydrogen-bond acceptors (Lipinski definition) is 8. The van der Waals surface area contributed by atoms with Gasteiger partial charge in [-0.05, 0) is 0 Å². The van der Waals surface area contributed by atoms with Crippen molar-refractivity contribution in [3.63, 3.8) is 0 Å². The Kier molecular flexibility index (Phi) is 10.9. The zero-order chi connectivity index (χ0) is 16.8. The van der Waals surface area contributed by atoms with E-state index in [1.807, 2.05) is 0 Å². The fourth-order valence-electron chi connectivity index (χ4n) is 2.04. The van der Waals surface area contributed by atoms with Gasteiger partial charge in [-0.25, -0.2) is 0 Å². The lowest BCUT2D eigenvalue weighted by Gasteiger charge is -2.35. The van der Waals surface area contributed by atoms with Crippen LogP contribution >= 0.6 is 0 Å². The molecule has 10 nitrogen and oxygen atoms in total. The van der Waals surface area contributed by atoms with E-state index in [0.29, 0.717) is 72.4 Å². The Morgan fingerprint density at radius 2 is 1.57 bits per heavy atom. The van der Waals surface area contributed by atoms with Gasteiger partial charge in [0.15, 0.2) is 0 Å². The SMILES string of the molecule is N=[N+]=NCCOCCOCCOCCN1CCN(C(=O)[O-])CC1. The van der Waals surface area contributed by atoms with Crippen molar-refractivity contribution in [2.45, 2.75) is 0 Å². The highest BCUT2D eigenvalue weighted by atomic mass is 16.5. The van der Waals surface area contributed by atoms with E-state index < -0.39 is 6.09 Å². The minimum Gasteiger partial charge on any atom is -0.530 e. The largest absolute Gasteiger partial charge is 0.530 e. The van der Waals surface area contributed by atoms with Gasteiger partial charge in [0, 0.05) is 32.7 Å². The Morgan fingerprint density at radius 1 is 1.00 bits per heavy atom. The first-order chi connectivity index (χ1) is 11.2. The van der Waals surface area contributed by atoms with E-state index >= 15 is 0 Å². The first-order valence-corrected chi connectivity index (χ1v) is 7.68. The zero-order valence-electron chi connectivity index (χ0n) is 13.3. The zero-order valence-corrected chi connectivity index (χ0v) is 13.3. The maximum Gasteiger partial charge on any atom is 0.214 e. The van der Waals surface area contributed by atoms with Crippen LogP contribution in [0.4, 0.5) is 4.79 Å². The van der Waals surface area contributed by atoms with Gasteiger partial charge in [-0.3, -0.25) is 4.90 Å². The van der Waals surface area contributed by atoms with Gasteiger partial charge in [0.2, 0.25) is 4.91 Å². The Bertz CT molecular complexity index is 370. The number of piperazine rings is 1. The molecule has 1 fully saturated rings. The number of amides is 1. The molecule has 1 amide bonds. The van der Waals surface area contributed by atoms with Crippen molar-refractivity contribution in [3.05, 3.63) is 0 Å². The Balaban J connectivity index is 1.82. The molecule has 0 saturated carbocycles. The molecular formula is C13H25N5O5. The molecule has 0 spiro atoms. The maximum atomic E-state index is 10.7. The fourth-order valence-corrected chi connectivity index (χ4v) is 2.04. The smallest absolute Gasteiger partial charge is 0.214 e. The fraction of sp³-hybridized carbons (Fsp3) is 0.923. The van der Waals surface area contributed by atoms with E-state index in [4.69, 9.17) is 19.7 Å². The number of rotatable bonds is 12. The topological polar surface area (TPSA) is 125 Å². The van der Waals surface area contributed by atoms with Gasteiger partial charge in [-0.1, -0.05) is 0 Å². The molecule has 0 bridgehead atoms. The van der Waals surface area contributed by atoms with E-state index in [-0.39, 0.29) is 0 Å². The van der Waals surface area contributed by atoms with Crippen molar-refractivity contribution in [3.8, 4) is 0 Å². The second-order valence-electron chi connectivity index (χ2n) is 4.90. The van der Waals surface area contributed by atoms with Crippen LogP contribution in [0, 0.1) is 5.53 Å². The molecule has 0 radical (unpaired) electrons.